The molecule has 3 nitrogen and oxygen atoms in total. The number of aromatic nitrogens is 2. The maximum Gasteiger partial charge on any atom is 0.0537 e. The SMILES string of the molecule is CCCCCCCC(CCC)n1cc([C@H]2CCCN2)cn1. The highest BCUT2D eigenvalue weighted by Crippen LogP contribution is 2.26. The lowest BCUT2D eigenvalue weighted by Crippen LogP contribution is -2.13. The van der Waals surface area contributed by atoms with Gasteiger partial charge in [-0.15, -0.1) is 0 Å². The molecule has 2 rings (SSSR count). The Kier molecular flexibility index (Phi) is 7.28. The quantitative estimate of drug-likeness (QED) is 0.614. The van der Waals surface area contributed by atoms with Crippen molar-refractivity contribution in [1.29, 1.82) is 0 Å². The van der Waals surface area contributed by atoms with Crippen LogP contribution in [0.4, 0.5) is 0 Å². The van der Waals surface area contributed by atoms with E-state index in [2.05, 4.69) is 41.3 Å². The first-order valence-corrected chi connectivity index (χ1v) is 9.12. The van der Waals surface area contributed by atoms with Gasteiger partial charge in [-0.05, 0) is 32.2 Å². The lowest BCUT2D eigenvalue weighted by atomic mass is 10.0. The van der Waals surface area contributed by atoms with Crippen LogP contribution in [0.5, 0.6) is 0 Å². The molecular formula is C18H33N3. The Bertz CT molecular complexity index is 380. The molecule has 0 radical (unpaired) electrons. The van der Waals surface area contributed by atoms with E-state index in [1.807, 2.05) is 0 Å². The predicted octanol–water partition coefficient (Wildman–Crippen LogP) is 5.01. The fourth-order valence-corrected chi connectivity index (χ4v) is 3.43. The van der Waals surface area contributed by atoms with Gasteiger partial charge in [0, 0.05) is 17.8 Å². The van der Waals surface area contributed by atoms with Gasteiger partial charge < -0.3 is 5.32 Å². The van der Waals surface area contributed by atoms with Crippen molar-refractivity contribution in [2.24, 2.45) is 0 Å². The van der Waals surface area contributed by atoms with Gasteiger partial charge in [0.25, 0.3) is 0 Å². The van der Waals surface area contributed by atoms with E-state index >= 15 is 0 Å². The summed E-state index contributed by atoms with van der Waals surface area (Å²) in [5.74, 6) is 0. The van der Waals surface area contributed by atoms with Crippen molar-refractivity contribution < 1.29 is 0 Å². The molecule has 0 spiro atoms. The van der Waals surface area contributed by atoms with E-state index in [-0.39, 0.29) is 0 Å². The van der Waals surface area contributed by atoms with Gasteiger partial charge >= 0.3 is 0 Å². The van der Waals surface area contributed by atoms with Crippen molar-refractivity contribution in [1.82, 2.24) is 15.1 Å². The van der Waals surface area contributed by atoms with Gasteiger partial charge in [-0.25, -0.2) is 0 Å². The van der Waals surface area contributed by atoms with E-state index in [0.717, 1.165) is 6.54 Å². The van der Waals surface area contributed by atoms with Gasteiger partial charge in [0.05, 0.1) is 12.2 Å². The van der Waals surface area contributed by atoms with E-state index in [4.69, 9.17) is 0 Å². The third-order valence-corrected chi connectivity index (χ3v) is 4.72. The van der Waals surface area contributed by atoms with Crippen molar-refractivity contribution >= 4 is 0 Å². The van der Waals surface area contributed by atoms with Crippen LogP contribution in [0.15, 0.2) is 12.4 Å². The third kappa shape index (κ3) is 5.14. The number of nitrogens with one attached hydrogen (secondary N) is 1. The van der Waals surface area contributed by atoms with Crippen molar-refractivity contribution in [3.8, 4) is 0 Å². The minimum Gasteiger partial charge on any atom is -0.310 e. The molecule has 0 amide bonds. The summed E-state index contributed by atoms with van der Waals surface area (Å²) in [6, 6.07) is 1.15. The highest BCUT2D eigenvalue weighted by Gasteiger charge is 2.19. The van der Waals surface area contributed by atoms with Crippen molar-refractivity contribution in [2.75, 3.05) is 6.54 Å². The topological polar surface area (TPSA) is 29.9 Å². The largest absolute Gasteiger partial charge is 0.310 e. The second-order valence-corrected chi connectivity index (χ2v) is 6.55. The fraction of sp³-hybridized carbons (Fsp3) is 0.833. The first kappa shape index (κ1) is 16.5. The van der Waals surface area contributed by atoms with Crippen LogP contribution >= 0.6 is 0 Å². The Morgan fingerprint density at radius 1 is 1.19 bits per heavy atom. The summed E-state index contributed by atoms with van der Waals surface area (Å²) < 4.78 is 2.25. The molecule has 1 aliphatic rings. The molecule has 1 saturated heterocycles. The van der Waals surface area contributed by atoms with Gasteiger partial charge in [-0.3, -0.25) is 4.68 Å². The predicted molar refractivity (Wildman–Crippen MR) is 89.5 cm³/mol. The lowest BCUT2D eigenvalue weighted by Gasteiger charge is -2.17. The first-order valence-electron chi connectivity index (χ1n) is 9.12. The zero-order valence-corrected chi connectivity index (χ0v) is 14.0. The standard InChI is InChI=1S/C18H33N3/c1-3-5-6-7-8-11-17(10-4-2)21-15-16(14-20-21)18-12-9-13-19-18/h14-15,17-19H,3-13H2,1-2H3/t17?,18-/m1/s1. The summed E-state index contributed by atoms with van der Waals surface area (Å²) >= 11 is 0. The zero-order chi connectivity index (χ0) is 14.9. The van der Waals surface area contributed by atoms with Crippen LogP contribution < -0.4 is 5.32 Å². The van der Waals surface area contributed by atoms with Crippen molar-refractivity contribution in [3.05, 3.63) is 18.0 Å². The van der Waals surface area contributed by atoms with Crippen LogP contribution in [0.1, 0.15) is 95.7 Å². The van der Waals surface area contributed by atoms with E-state index in [0.29, 0.717) is 12.1 Å². The van der Waals surface area contributed by atoms with Gasteiger partial charge in [-0.2, -0.15) is 5.10 Å². The van der Waals surface area contributed by atoms with E-state index < -0.39 is 0 Å². The molecule has 0 bridgehead atoms. The molecule has 21 heavy (non-hydrogen) atoms. The second kappa shape index (κ2) is 9.24. The molecule has 2 heterocycles. The van der Waals surface area contributed by atoms with Crippen molar-refractivity contribution in [3.63, 3.8) is 0 Å². The summed E-state index contributed by atoms with van der Waals surface area (Å²) in [6.07, 6.45) is 17.6. The van der Waals surface area contributed by atoms with E-state index in [1.54, 1.807) is 0 Å². The Balaban J connectivity index is 1.84. The number of rotatable bonds is 10. The van der Waals surface area contributed by atoms with Crippen molar-refractivity contribution in [2.45, 2.75) is 90.1 Å². The molecule has 1 aliphatic heterocycles. The van der Waals surface area contributed by atoms with Crippen LogP contribution in [0, 0.1) is 0 Å². The summed E-state index contributed by atoms with van der Waals surface area (Å²) in [6.45, 7) is 5.72. The number of hydrogen-bond donors (Lipinski definition) is 1. The van der Waals surface area contributed by atoms with Crippen LogP contribution in [-0.2, 0) is 0 Å². The Morgan fingerprint density at radius 2 is 2.05 bits per heavy atom. The summed E-state index contributed by atoms with van der Waals surface area (Å²) in [5, 5.41) is 8.24. The molecule has 120 valence electrons. The molecule has 1 unspecified atom stereocenters. The first-order chi connectivity index (χ1) is 10.3. The van der Waals surface area contributed by atoms with Crippen LogP contribution in [0.25, 0.3) is 0 Å². The Morgan fingerprint density at radius 3 is 2.76 bits per heavy atom. The Labute approximate surface area is 130 Å². The molecule has 1 N–H and O–H groups in total. The Hall–Kier alpha value is -0.830. The maximum absolute atomic E-state index is 4.67. The highest BCUT2D eigenvalue weighted by atomic mass is 15.3. The lowest BCUT2D eigenvalue weighted by molar-refractivity contribution is 0.378. The number of unbranched alkanes of at least 4 members (excludes halogenated alkanes) is 4. The molecule has 1 fully saturated rings. The van der Waals surface area contributed by atoms with E-state index in [1.165, 1.54) is 69.8 Å². The smallest absolute Gasteiger partial charge is 0.0537 e. The summed E-state index contributed by atoms with van der Waals surface area (Å²) in [7, 11) is 0. The average Bonchev–Trinajstić information content (AvgIpc) is 3.16. The zero-order valence-electron chi connectivity index (χ0n) is 14.0. The van der Waals surface area contributed by atoms with Gasteiger partial charge in [-0.1, -0.05) is 52.4 Å². The van der Waals surface area contributed by atoms with E-state index in [9.17, 15) is 0 Å². The van der Waals surface area contributed by atoms with Gasteiger partial charge in [0.15, 0.2) is 0 Å². The normalized spacial score (nSPS) is 20.0. The molecule has 0 aromatic carbocycles. The molecule has 1 aromatic heterocycles. The minimum absolute atomic E-state index is 0.547. The summed E-state index contributed by atoms with van der Waals surface area (Å²) in [4.78, 5) is 0. The monoisotopic (exact) mass is 291 g/mol. The molecular weight excluding hydrogens is 258 g/mol. The third-order valence-electron chi connectivity index (χ3n) is 4.72. The maximum atomic E-state index is 4.67. The number of hydrogen-bond acceptors (Lipinski definition) is 2. The van der Waals surface area contributed by atoms with Gasteiger partial charge in [0.1, 0.15) is 0 Å². The fourth-order valence-electron chi connectivity index (χ4n) is 3.43. The second-order valence-electron chi connectivity index (χ2n) is 6.55. The summed E-state index contributed by atoms with van der Waals surface area (Å²) in [5.41, 5.74) is 1.39. The molecule has 0 aliphatic carbocycles. The van der Waals surface area contributed by atoms with Crippen LogP contribution in [-0.4, -0.2) is 16.3 Å². The van der Waals surface area contributed by atoms with Crippen LogP contribution in [0.2, 0.25) is 0 Å². The van der Waals surface area contributed by atoms with Crippen LogP contribution in [0.3, 0.4) is 0 Å². The molecule has 2 atom stereocenters. The van der Waals surface area contributed by atoms with Gasteiger partial charge in [0.2, 0.25) is 0 Å². The molecule has 1 aromatic rings. The molecule has 0 saturated carbocycles. The minimum atomic E-state index is 0.547. The number of nitrogens with zero attached hydrogens (tertiary/aromatic N) is 2. The highest BCUT2D eigenvalue weighted by molar-refractivity contribution is 5.12. The average molecular weight is 291 g/mol. The molecule has 3 heteroatoms.